The van der Waals surface area contributed by atoms with E-state index < -0.39 is 78.7 Å². The Hall–Kier alpha value is -4.14. The highest BCUT2D eigenvalue weighted by Crippen LogP contribution is 2.65. The maximum Gasteiger partial charge on any atom is 0.497 e. The largest absolute Gasteiger partial charge is 0.497 e. The van der Waals surface area contributed by atoms with Crippen LogP contribution >= 0.6 is 11.6 Å². The number of benzene rings is 2. The SMILES string of the molecule is C[C@@H](O)[C@H](NC(=O)[C@H](CCN)NC(=O)c1ccc(-c2ccc(Cl)cc2)cc1)C(=O)N[C@@H](N)C(=O)N[C@@H](CCCCN)C(=O)N[C@@H](N)B1O[C@@H]2C[C@@H]3C[C@@H](C3(C)C)[C@]2(C)O1. The van der Waals surface area contributed by atoms with E-state index in [0.29, 0.717) is 30.3 Å². The van der Waals surface area contributed by atoms with Gasteiger partial charge < -0.3 is 63.9 Å². The molecule has 1 heterocycles. The number of aliphatic hydroxyl groups is 1. The summed E-state index contributed by atoms with van der Waals surface area (Å²) in [6.45, 7) is 8.14. The minimum atomic E-state index is -1.70. The highest BCUT2D eigenvalue weighted by molar-refractivity contribution is 6.47. The number of hydrogen-bond acceptors (Lipinski definition) is 12. The zero-order valence-corrected chi connectivity index (χ0v) is 34.8. The first-order valence-electron chi connectivity index (χ1n) is 20.2. The van der Waals surface area contributed by atoms with Crippen molar-refractivity contribution in [2.75, 3.05) is 13.1 Å². The van der Waals surface area contributed by atoms with Crippen LogP contribution in [0.15, 0.2) is 48.5 Å². The summed E-state index contributed by atoms with van der Waals surface area (Å²) in [5.41, 5.74) is 25.5. The Morgan fingerprint density at radius 3 is 2.00 bits per heavy atom. The number of aliphatic hydroxyl groups excluding tert-OH is 1. The molecule has 1 aliphatic heterocycles. The molecule has 0 aromatic heterocycles. The first-order chi connectivity index (χ1) is 27.9. The zero-order chi connectivity index (χ0) is 43.2. The van der Waals surface area contributed by atoms with Crippen molar-refractivity contribution >= 4 is 48.3 Å². The van der Waals surface area contributed by atoms with Gasteiger partial charge in [0.25, 0.3) is 11.8 Å². The standard InChI is InChI=1S/C40H59BClN9O8/c1-21(52)31(49-34(54)28(16-18-44)47-33(53)24-10-8-22(9-11-24)23-12-14-26(42)15-13-23)36(56)50-32(45)37(57)48-27(7-5-6-17-43)35(55)51-38(46)41-58-30-20-25-19-29(39(25,2)3)40(30,4)59-41/h8-15,21,25,27-32,38,52H,5-7,16-20,43-46H2,1-4H3,(H,47,53)(H,48,57)(H,49,54)(H,50,56)(H,51,55)/t21-,25+,27+,28+,29+,30-,31+,32-,38-,40+/m1/s1. The van der Waals surface area contributed by atoms with Gasteiger partial charge in [0, 0.05) is 10.6 Å². The van der Waals surface area contributed by atoms with Gasteiger partial charge in [-0.25, -0.2) is 0 Å². The van der Waals surface area contributed by atoms with Gasteiger partial charge >= 0.3 is 7.12 Å². The van der Waals surface area contributed by atoms with E-state index in [2.05, 4.69) is 40.4 Å². The molecule has 17 nitrogen and oxygen atoms in total. The van der Waals surface area contributed by atoms with Gasteiger partial charge in [-0.05, 0) is 118 Å². The molecule has 3 saturated carbocycles. The molecule has 2 aromatic rings. The van der Waals surface area contributed by atoms with E-state index >= 15 is 0 Å². The summed E-state index contributed by atoms with van der Waals surface area (Å²) in [5.74, 6) is -3.09. The minimum Gasteiger partial charge on any atom is -0.403 e. The van der Waals surface area contributed by atoms with Crippen LogP contribution in [0.2, 0.25) is 5.02 Å². The van der Waals surface area contributed by atoms with Crippen molar-refractivity contribution in [1.29, 1.82) is 0 Å². The molecule has 14 N–H and O–H groups in total. The summed E-state index contributed by atoms with van der Waals surface area (Å²) in [7, 11) is -0.899. The van der Waals surface area contributed by atoms with E-state index in [1.165, 1.54) is 6.92 Å². The van der Waals surface area contributed by atoms with E-state index in [0.717, 1.165) is 24.0 Å². The van der Waals surface area contributed by atoms with Crippen molar-refractivity contribution in [3.8, 4) is 11.1 Å². The summed E-state index contributed by atoms with van der Waals surface area (Å²) < 4.78 is 12.6. The predicted molar refractivity (Wildman–Crippen MR) is 223 cm³/mol. The zero-order valence-electron chi connectivity index (χ0n) is 34.0. The molecule has 5 amide bonds. The lowest BCUT2D eigenvalue weighted by atomic mass is 9.43. The highest BCUT2D eigenvalue weighted by atomic mass is 35.5. The summed E-state index contributed by atoms with van der Waals surface area (Å²) in [5, 5.41) is 23.7. The van der Waals surface area contributed by atoms with E-state index in [4.69, 9.17) is 43.8 Å². The predicted octanol–water partition coefficient (Wildman–Crippen LogP) is 0.00310. The quantitative estimate of drug-likeness (QED) is 0.0509. The minimum absolute atomic E-state index is 0.00578. The number of nitrogens with two attached hydrogens (primary N) is 4. The van der Waals surface area contributed by atoms with Gasteiger partial charge in [-0.3, -0.25) is 24.0 Å². The number of nitrogens with one attached hydrogen (secondary N) is 5. The summed E-state index contributed by atoms with van der Waals surface area (Å²) >= 11 is 5.99. The third kappa shape index (κ3) is 10.6. The first-order valence-corrected chi connectivity index (χ1v) is 20.6. The van der Waals surface area contributed by atoms with Gasteiger partial charge in [0.2, 0.25) is 17.7 Å². The number of carbonyl (C=O) groups is 5. The van der Waals surface area contributed by atoms with Crippen molar-refractivity contribution < 1.29 is 38.4 Å². The van der Waals surface area contributed by atoms with Crippen LogP contribution in [0.1, 0.15) is 76.6 Å². The number of amides is 5. The average molecular weight is 840 g/mol. The number of carbonyl (C=O) groups excluding carboxylic acids is 5. The van der Waals surface area contributed by atoms with Crippen molar-refractivity contribution in [2.24, 2.45) is 40.2 Å². The molecule has 4 fully saturated rings. The highest BCUT2D eigenvalue weighted by Gasteiger charge is 2.68. The van der Waals surface area contributed by atoms with Crippen LogP contribution in [0.4, 0.5) is 0 Å². The summed E-state index contributed by atoms with van der Waals surface area (Å²) in [6.07, 6.45) is -0.192. The molecular weight excluding hydrogens is 781 g/mol. The number of halogens is 1. The Bertz CT molecular complexity index is 1820. The van der Waals surface area contributed by atoms with Gasteiger partial charge in [0.05, 0.1) is 17.8 Å². The molecule has 322 valence electrons. The molecule has 2 aromatic carbocycles. The molecule has 3 aliphatic carbocycles. The van der Waals surface area contributed by atoms with Crippen molar-refractivity contribution in [3.05, 3.63) is 59.1 Å². The molecule has 0 spiro atoms. The van der Waals surface area contributed by atoms with E-state index in [1.54, 1.807) is 36.4 Å². The van der Waals surface area contributed by atoms with Crippen LogP contribution in [-0.2, 0) is 28.5 Å². The lowest BCUT2D eigenvalue weighted by molar-refractivity contribution is -0.199. The van der Waals surface area contributed by atoms with Crippen LogP contribution in [-0.4, -0.2) is 103 Å². The molecular formula is C40H59BClN9O8. The topological polar surface area (TPSA) is 288 Å². The number of rotatable bonds is 19. The fourth-order valence-electron chi connectivity index (χ4n) is 8.51. The van der Waals surface area contributed by atoms with Crippen LogP contribution < -0.4 is 49.5 Å². The average Bonchev–Trinajstić information content (AvgIpc) is 3.57. The molecule has 1 saturated heterocycles. The van der Waals surface area contributed by atoms with Crippen molar-refractivity contribution in [1.82, 2.24) is 26.6 Å². The molecule has 10 atom stereocenters. The number of hydrogen-bond donors (Lipinski definition) is 10. The summed E-state index contributed by atoms with van der Waals surface area (Å²) in [4.78, 5) is 66.7. The van der Waals surface area contributed by atoms with Crippen molar-refractivity contribution in [2.45, 2.75) is 114 Å². The molecule has 0 unspecified atom stereocenters. The third-order valence-corrected chi connectivity index (χ3v) is 12.4. The second kappa shape index (κ2) is 19.5. The van der Waals surface area contributed by atoms with Gasteiger partial charge in [-0.1, -0.05) is 49.7 Å². The fraction of sp³-hybridized carbons (Fsp3) is 0.575. The third-order valence-electron chi connectivity index (χ3n) is 12.2. The smallest absolute Gasteiger partial charge is 0.403 e. The second-order valence-electron chi connectivity index (χ2n) is 16.6. The number of unbranched alkanes of at least 4 members (excludes halogenated alkanes) is 1. The first kappa shape index (κ1) is 45.9. The molecule has 2 bridgehead atoms. The maximum absolute atomic E-state index is 13.5. The fourth-order valence-corrected chi connectivity index (χ4v) is 8.64. The Balaban J connectivity index is 1.15. The Morgan fingerprint density at radius 1 is 0.797 bits per heavy atom. The lowest BCUT2D eigenvalue weighted by Gasteiger charge is -2.64. The Kier molecular flexibility index (Phi) is 15.2. The molecule has 59 heavy (non-hydrogen) atoms. The molecule has 6 rings (SSSR count). The monoisotopic (exact) mass is 839 g/mol. The normalized spacial score (nSPS) is 24.5. The Morgan fingerprint density at radius 2 is 1.41 bits per heavy atom. The second-order valence-corrected chi connectivity index (χ2v) is 17.1. The molecule has 19 heteroatoms. The van der Waals surface area contributed by atoms with Gasteiger partial charge in [0.1, 0.15) is 24.2 Å². The van der Waals surface area contributed by atoms with E-state index in [-0.39, 0.29) is 42.4 Å². The van der Waals surface area contributed by atoms with Crippen LogP contribution in [0.3, 0.4) is 0 Å². The summed E-state index contributed by atoms with van der Waals surface area (Å²) in [6, 6.07) is 8.97. The van der Waals surface area contributed by atoms with Crippen LogP contribution in [0.5, 0.6) is 0 Å². The Labute approximate surface area is 350 Å². The van der Waals surface area contributed by atoms with Gasteiger partial charge in [-0.2, -0.15) is 0 Å². The molecule has 4 aliphatic rings. The van der Waals surface area contributed by atoms with E-state index in [1.807, 2.05) is 19.1 Å². The maximum atomic E-state index is 13.5. The van der Waals surface area contributed by atoms with Gasteiger partial charge in [-0.15, -0.1) is 0 Å². The van der Waals surface area contributed by atoms with Crippen LogP contribution in [0.25, 0.3) is 11.1 Å². The van der Waals surface area contributed by atoms with Crippen LogP contribution in [0, 0.1) is 17.3 Å². The van der Waals surface area contributed by atoms with E-state index in [9.17, 15) is 29.1 Å². The van der Waals surface area contributed by atoms with Crippen molar-refractivity contribution in [3.63, 3.8) is 0 Å². The molecule has 0 radical (unpaired) electrons. The lowest BCUT2D eigenvalue weighted by Crippen LogP contribution is -2.65. The van der Waals surface area contributed by atoms with Gasteiger partial charge in [0.15, 0.2) is 6.17 Å².